The lowest BCUT2D eigenvalue weighted by atomic mass is 10.2. The molecule has 1 aromatic rings. The van der Waals surface area contributed by atoms with Crippen LogP contribution in [-0.4, -0.2) is 74.2 Å². The fourth-order valence-electron chi connectivity index (χ4n) is 2.94. The quantitative estimate of drug-likeness (QED) is 0.464. The van der Waals surface area contributed by atoms with Crippen LogP contribution in [0.4, 0.5) is 0 Å². The Morgan fingerprint density at radius 1 is 1.19 bits per heavy atom. The third-order valence-electron chi connectivity index (χ3n) is 4.43. The Bertz CT molecular complexity index is 597. The zero-order valence-electron chi connectivity index (χ0n) is 16.1. The van der Waals surface area contributed by atoms with Crippen LogP contribution in [0, 0.1) is 0 Å². The van der Waals surface area contributed by atoms with Gasteiger partial charge in [0.1, 0.15) is 0 Å². The molecule has 0 unspecified atom stereocenters. The van der Waals surface area contributed by atoms with E-state index in [1.54, 1.807) is 17.9 Å². The standard InChI is InChI=1S/C21H30N2O4/c1-2-27-21(25)11-14-23(13-6-12-22-15-17-26-18-16-22)20(24)10-9-19-7-4-3-5-8-19/h3-5,7-10H,2,6,11-18H2,1H3/b10-9+. The van der Waals surface area contributed by atoms with E-state index in [2.05, 4.69) is 4.90 Å². The summed E-state index contributed by atoms with van der Waals surface area (Å²) in [6, 6.07) is 9.71. The Morgan fingerprint density at radius 3 is 2.63 bits per heavy atom. The second-order valence-electron chi connectivity index (χ2n) is 6.43. The molecule has 1 saturated heterocycles. The second kappa shape index (κ2) is 12.3. The van der Waals surface area contributed by atoms with Crippen molar-refractivity contribution in [3.63, 3.8) is 0 Å². The maximum Gasteiger partial charge on any atom is 0.307 e. The molecule has 0 spiro atoms. The highest BCUT2D eigenvalue weighted by molar-refractivity contribution is 5.92. The van der Waals surface area contributed by atoms with Crippen molar-refractivity contribution in [2.45, 2.75) is 19.8 Å². The minimum absolute atomic E-state index is 0.0786. The molecule has 1 fully saturated rings. The lowest BCUT2D eigenvalue weighted by Gasteiger charge is -2.28. The van der Waals surface area contributed by atoms with Gasteiger partial charge in [-0.25, -0.2) is 0 Å². The van der Waals surface area contributed by atoms with Crippen molar-refractivity contribution in [2.75, 3.05) is 52.5 Å². The van der Waals surface area contributed by atoms with E-state index in [1.807, 2.05) is 36.4 Å². The number of benzene rings is 1. The molecule has 1 aliphatic rings. The molecule has 1 aliphatic heterocycles. The molecule has 0 radical (unpaired) electrons. The number of hydrogen-bond acceptors (Lipinski definition) is 5. The van der Waals surface area contributed by atoms with Crippen LogP contribution < -0.4 is 0 Å². The highest BCUT2D eigenvalue weighted by Gasteiger charge is 2.15. The molecule has 0 aliphatic carbocycles. The molecule has 6 nitrogen and oxygen atoms in total. The molecule has 27 heavy (non-hydrogen) atoms. The van der Waals surface area contributed by atoms with Crippen LogP contribution in [-0.2, 0) is 19.1 Å². The predicted molar refractivity (Wildman–Crippen MR) is 105 cm³/mol. The summed E-state index contributed by atoms with van der Waals surface area (Å²) in [6.45, 7) is 7.47. The monoisotopic (exact) mass is 374 g/mol. The fraction of sp³-hybridized carbons (Fsp3) is 0.524. The number of amides is 1. The number of morpholine rings is 1. The molecule has 1 aromatic carbocycles. The summed E-state index contributed by atoms with van der Waals surface area (Å²) in [6.07, 6.45) is 4.47. The largest absolute Gasteiger partial charge is 0.466 e. The van der Waals surface area contributed by atoms with Gasteiger partial charge in [-0.3, -0.25) is 14.5 Å². The molecule has 0 N–H and O–H groups in total. The molecule has 1 heterocycles. The van der Waals surface area contributed by atoms with Crippen LogP contribution in [0.3, 0.4) is 0 Å². The Morgan fingerprint density at radius 2 is 1.93 bits per heavy atom. The van der Waals surface area contributed by atoms with E-state index in [4.69, 9.17) is 9.47 Å². The van der Waals surface area contributed by atoms with Gasteiger partial charge in [-0.15, -0.1) is 0 Å². The van der Waals surface area contributed by atoms with Crippen molar-refractivity contribution >= 4 is 18.0 Å². The van der Waals surface area contributed by atoms with E-state index in [0.717, 1.165) is 44.8 Å². The maximum atomic E-state index is 12.6. The maximum absolute atomic E-state index is 12.6. The summed E-state index contributed by atoms with van der Waals surface area (Å²) in [5.41, 5.74) is 0.976. The average molecular weight is 374 g/mol. The number of rotatable bonds is 10. The number of carbonyl (C=O) groups is 2. The first kappa shape index (κ1) is 21.1. The van der Waals surface area contributed by atoms with E-state index in [1.165, 1.54) is 0 Å². The van der Waals surface area contributed by atoms with Gasteiger partial charge in [-0.05, 0) is 25.0 Å². The Balaban J connectivity index is 1.87. The molecule has 148 valence electrons. The lowest BCUT2D eigenvalue weighted by Crippen LogP contribution is -2.39. The van der Waals surface area contributed by atoms with Crippen molar-refractivity contribution in [3.8, 4) is 0 Å². The predicted octanol–water partition coefficient (Wildman–Crippen LogP) is 2.20. The first-order valence-corrected chi connectivity index (χ1v) is 9.67. The molecule has 0 aromatic heterocycles. The summed E-state index contributed by atoms with van der Waals surface area (Å²) >= 11 is 0. The van der Waals surface area contributed by atoms with Crippen molar-refractivity contribution in [1.29, 1.82) is 0 Å². The summed E-state index contributed by atoms with van der Waals surface area (Å²) < 4.78 is 10.3. The summed E-state index contributed by atoms with van der Waals surface area (Å²) in [5, 5.41) is 0. The fourth-order valence-corrected chi connectivity index (χ4v) is 2.94. The third kappa shape index (κ3) is 8.37. The van der Waals surface area contributed by atoms with Crippen LogP contribution in [0.2, 0.25) is 0 Å². The first-order chi connectivity index (χ1) is 13.2. The lowest BCUT2D eigenvalue weighted by molar-refractivity contribution is -0.143. The molecular formula is C21H30N2O4. The van der Waals surface area contributed by atoms with Crippen LogP contribution in [0.15, 0.2) is 36.4 Å². The SMILES string of the molecule is CCOC(=O)CCN(CCCN1CCOCC1)C(=O)/C=C/c1ccccc1. The smallest absolute Gasteiger partial charge is 0.307 e. The zero-order valence-corrected chi connectivity index (χ0v) is 16.1. The van der Waals surface area contributed by atoms with Gasteiger partial charge in [0.25, 0.3) is 0 Å². The molecular weight excluding hydrogens is 344 g/mol. The van der Waals surface area contributed by atoms with Gasteiger partial charge in [0, 0.05) is 38.8 Å². The highest BCUT2D eigenvalue weighted by Crippen LogP contribution is 2.05. The summed E-state index contributed by atoms with van der Waals surface area (Å²) in [5.74, 6) is -0.347. The summed E-state index contributed by atoms with van der Waals surface area (Å²) in [7, 11) is 0. The summed E-state index contributed by atoms with van der Waals surface area (Å²) in [4.78, 5) is 28.4. The van der Waals surface area contributed by atoms with Crippen LogP contribution >= 0.6 is 0 Å². The van der Waals surface area contributed by atoms with E-state index in [0.29, 0.717) is 19.7 Å². The number of ether oxygens (including phenoxy) is 2. The third-order valence-corrected chi connectivity index (χ3v) is 4.43. The van der Waals surface area contributed by atoms with E-state index in [-0.39, 0.29) is 18.3 Å². The second-order valence-corrected chi connectivity index (χ2v) is 6.43. The number of carbonyl (C=O) groups excluding carboxylic acids is 2. The molecule has 1 amide bonds. The van der Waals surface area contributed by atoms with Gasteiger partial charge < -0.3 is 14.4 Å². The Labute approximate surface area is 161 Å². The minimum Gasteiger partial charge on any atom is -0.466 e. The van der Waals surface area contributed by atoms with Crippen LogP contribution in [0.1, 0.15) is 25.3 Å². The molecule has 0 saturated carbocycles. The number of hydrogen-bond donors (Lipinski definition) is 0. The van der Waals surface area contributed by atoms with E-state index >= 15 is 0 Å². The van der Waals surface area contributed by atoms with Gasteiger partial charge >= 0.3 is 5.97 Å². The van der Waals surface area contributed by atoms with Gasteiger partial charge in [-0.2, -0.15) is 0 Å². The highest BCUT2D eigenvalue weighted by atomic mass is 16.5. The van der Waals surface area contributed by atoms with Crippen molar-refractivity contribution < 1.29 is 19.1 Å². The number of esters is 1. The first-order valence-electron chi connectivity index (χ1n) is 9.67. The molecule has 2 rings (SSSR count). The van der Waals surface area contributed by atoms with Gasteiger partial charge in [0.15, 0.2) is 0 Å². The molecule has 0 atom stereocenters. The van der Waals surface area contributed by atoms with Crippen LogP contribution in [0.25, 0.3) is 6.08 Å². The van der Waals surface area contributed by atoms with Crippen molar-refractivity contribution in [3.05, 3.63) is 42.0 Å². The minimum atomic E-state index is -0.268. The van der Waals surface area contributed by atoms with Crippen molar-refractivity contribution in [1.82, 2.24) is 9.80 Å². The van der Waals surface area contributed by atoms with E-state index < -0.39 is 0 Å². The zero-order chi connectivity index (χ0) is 19.3. The van der Waals surface area contributed by atoms with Crippen molar-refractivity contribution in [2.24, 2.45) is 0 Å². The topological polar surface area (TPSA) is 59.1 Å². The Hall–Kier alpha value is -2.18. The Kier molecular flexibility index (Phi) is 9.58. The number of nitrogens with zero attached hydrogens (tertiary/aromatic N) is 2. The molecule has 0 bridgehead atoms. The average Bonchev–Trinajstić information content (AvgIpc) is 2.70. The van der Waals surface area contributed by atoms with Gasteiger partial charge in [-0.1, -0.05) is 30.3 Å². The van der Waals surface area contributed by atoms with Gasteiger partial charge in [0.2, 0.25) is 5.91 Å². The van der Waals surface area contributed by atoms with Gasteiger partial charge in [0.05, 0.1) is 26.2 Å². The van der Waals surface area contributed by atoms with E-state index in [9.17, 15) is 9.59 Å². The van der Waals surface area contributed by atoms with Crippen LogP contribution in [0.5, 0.6) is 0 Å². The molecule has 6 heteroatoms. The normalized spacial score (nSPS) is 15.0.